The summed E-state index contributed by atoms with van der Waals surface area (Å²) in [5.41, 5.74) is 3.64. The molecule has 1 aliphatic heterocycles. The Labute approximate surface area is 237 Å². The molecule has 2 fully saturated rings. The summed E-state index contributed by atoms with van der Waals surface area (Å²) in [5.74, 6) is -1.74. The van der Waals surface area contributed by atoms with Crippen molar-refractivity contribution in [3.63, 3.8) is 0 Å². The Hall–Kier alpha value is -4.34. The summed E-state index contributed by atoms with van der Waals surface area (Å²) in [5, 5.41) is 3.30. The van der Waals surface area contributed by atoms with Gasteiger partial charge in [0.2, 0.25) is 5.43 Å². The third kappa shape index (κ3) is 5.38. The minimum Gasteiger partial charge on any atom is -0.464 e. The van der Waals surface area contributed by atoms with Gasteiger partial charge in [-0.25, -0.2) is 9.78 Å². The molecule has 0 radical (unpaired) electrons. The summed E-state index contributed by atoms with van der Waals surface area (Å²) >= 11 is 0. The van der Waals surface area contributed by atoms with Crippen LogP contribution in [0.1, 0.15) is 55.6 Å². The number of benzene rings is 2. The summed E-state index contributed by atoms with van der Waals surface area (Å²) < 4.78 is 18.9. The van der Waals surface area contributed by atoms with Crippen LogP contribution in [0.4, 0.5) is 0 Å². The van der Waals surface area contributed by atoms with E-state index in [-0.39, 0.29) is 29.5 Å². The van der Waals surface area contributed by atoms with Crippen LogP contribution in [0.25, 0.3) is 27.8 Å². The molecule has 2 aliphatic rings. The second kappa shape index (κ2) is 10.6. The normalized spacial score (nSPS) is 19.7. The molecule has 9 nitrogen and oxygen atoms in total. The Balaban J connectivity index is 1.34. The van der Waals surface area contributed by atoms with E-state index in [2.05, 4.69) is 10.3 Å². The van der Waals surface area contributed by atoms with E-state index < -0.39 is 24.0 Å². The van der Waals surface area contributed by atoms with E-state index in [9.17, 15) is 14.4 Å². The molecule has 1 saturated carbocycles. The number of esters is 1. The molecule has 2 aromatic heterocycles. The number of hydrogen-bond acceptors (Lipinski definition) is 7. The second-order valence-corrected chi connectivity index (χ2v) is 10.8. The predicted octanol–water partition coefficient (Wildman–Crippen LogP) is 4.70. The van der Waals surface area contributed by atoms with E-state index in [0.29, 0.717) is 11.0 Å². The van der Waals surface area contributed by atoms with Crippen molar-refractivity contribution in [2.24, 2.45) is 0 Å². The lowest BCUT2D eigenvalue weighted by Gasteiger charge is -2.17. The first-order chi connectivity index (χ1) is 19.7. The molecule has 9 heteroatoms. The van der Waals surface area contributed by atoms with E-state index in [0.717, 1.165) is 35.2 Å². The predicted molar refractivity (Wildman–Crippen MR) is 153 cm³/mol. The van der Waals surface area contributed by atoms with Gasteiger partial charge in [0.15, 0.2) is 11.9 Å². The third-order valence-electron chi connectivity index (χ3n) is 7.23. The molecule has 0 bridgehead atoms. The number of rotatable bonds is 7. The smallest absolute Gasteiger partial charge is 0.338 e. The number of pyridine rings is 2. The van der Waals surface area contributed by atoms with Crippen LogP contribution in [0, 0.1) is 0 Å². The van der Waals surface area contributed by atoms with Gasteiger partial charge in [-0.2, -0.15) is 0 Å². The number of nitrogens with one attached hydrogen (secondary N) is 1. The Morgan fingerprint density at radius 2 is 1.83 bits per heavy atom. The Kier molecular flexibility index (Phi) is 6.93. The van der Waals surface area contributed by atoms with Crippen molar-refractivity contribution in [3.8, 4) is 16.8 Å². The Morgan fingerprint density at radius 3 is 2.56 bits per heavy atom. The highest BCUT2D eigenvalue weighted by atomic mass is 16.8. The van der Waals surface area contributed by atoms with Gasteiger partial charge in [0, 0.05) is 24.1 Å². The molecule has 2 unspecified atom stereocenters. The molecule has 3 heterocycles. The van der Waals surface area contributed by atoms with Crippen LogP contribution in [0.5, 0.6) is 0 Å². The van der Waals surface area contributed by atoms with Crippen molar-refractivity contribution >= 4 is 22.9 Å². The van der Waals surface area contributed by atoms with Gasteiger partial charge in [0.1, 0.15) is 17.3 Å². The first-order valence-electron chi connectivity index (χ1n) is 13.8. The molecule has 2 aromatic carbocycles. The van der Waals surface area contributed by atoms with Crippen LogP contribution in [-0.2, 0) is 19.0 Å². The van der Waals surface area contributed by atoms with Gasteiger partial charge >= 0.3 is 5.97 Å². The van der Waals surface area contributed by atoms with Crippen LogP contribution in [0.2, 0.25) is 0 Å². The van der Waals surface area contributed by atoms with E-state index >= 15 is 0 Å². The summed E-state index contributed by atoms with van der Waals surface area (Å²) in [6, 6.07) is 19.1. The molecule has 2 atom stereocenters. The molecule has 0 spiro atoms. The van der Waals surface area contributed by atoms with Gasteiger partial charge in [-0.05, 0) is 74.6 Å². The fraction of sp³-hybridized carbons (Fsp3) is 0.312. The van der Waals surface area contributed by atoms with Gasteiger partial charge in [-0.1, -0.05) is 36.4 Å². The number of ether oxygens (including phenoxy) is 3. The minimum atomic E-state index is -0.919. The number of hydrogen-bond donors (Lipinski definition) is 1. The molecule has 1 aliphatic carbocycles. The van der Waals surface area contributed by atoms with E-state index in [1.54, 1.807) is 49.9 Å². The van der Waals surface area contributed by atoms with Gasteiger partial charge in [-0.15, -0.1) is 0 Å². The molecule has 6 rings (SSSR count). The highest BCUT2D eigenvalue weighted by molar-refractivity contribution is 5.97. The second-order valence-electron chi connectivity index (χ2n) is 10.8. The molecular formula is C32H31N3O6. The van der Waals surface area contributed by atoms with Gasteiger partial charge in [-0.3, -0.25) is 9.59 Å². The topological polar surface area (TPSA) is 109 Å². The highest BCUT2D eigenvalue weighted by Gasteiger charge is 2.46. The SMILES string of the molecule is CCOC(=O)C1OC(C)(C)OC1c1ccc(-c2cccc(-n3cc(C(=O)NC4CC4)c(=O)c4cccnc43)c2)cc1. The average molecular weight is 554 g/mol. The molecule has 41 heavy (non-hydrogen) atoms. The fourth-order valence-electron chi connectivity index (χ4n) is 5.11. The maximum atomic E-state index is 13.2. The number of aromatic nitrogens is 2. The standard InChI is InChI=1S/C32H31N3O6/c1-4-39-31(38)28-27(40-32(2,3)41-28)20-12-10-19(11-13-20)21-7-5-8-23(17-21)35-18-25(30(37)34-22-14-15-22)26(36)24-9-6-16-33-29(24)35/h5-13,16-18,22,27-28H,4,14-15H2,1-3H3,(H,34,37). The number of amides is 1. The lowest BCUT2D eigenvalue weighted by molar-refractivity contribution is -0.170. The summed E-state index contributed by atoms with van der Waals surface area (Å²) in [4.78, 5) is 43.1. The Bertz CT molecular complexity index is 1690. The number of carbonyl (C=O) groups is 2. The monoisotopic (exact) mass is 553 g/mol. The van der Waals surface area contributed by atoms with Crippen LogP contribution >= 0.6 is 0 Å². The summed E-state index contributed by atoms with van der Waals surface area (Å²) in [6.45, 7) is 5.56. The lowest BCUT2D eigenvalue weighted by atomic mass is 9.99. The van der Waals surface area contributed by atoms with E-state index in [1.807, 2.05) is 48.5 Å². The molecule has 1 N–H and O–H groups in total. The number of carbonyl (C=O) groups excluding carboxylic acids is 2. The molecule has 210 valence electrons. The first-order valence-corrected chi connectivity index (χ1v) is 13.8. The maximum absolute atomic E-state index is 13.2. The fourth-order valence-corrected chi connectivity index (χ4v) is 5.11. The zero-order valence-corrected chi connectivity index (χ0v) is 23.1. The van der Waals surface area contributed by atoms with E-state index in [4.69, 9.17) is 14.2 Å². The molecule has 4 aromatic rings. The van der Waals surface area contributed by atoms with Gasteiger partial charge in [0.25, 0.3) is 5.91 Å². The zero-order valence-electron chi connectivity index (χ0n) is 23.1. The highest BCUT2D eigenvalue weighted by Crippen LogP contribution is 2.39. The van der Waals surface area contributed by atoms with Crippen molar-refractivity contribution in [1.82, 2.24) is 14.9 Å². The van der Waals surface area contributed by atoms with Gasteiger partial charge in [0.05, 0.1) is 12.0 Å². The van der Waals surface area contributed by atoms with Crippen molar-refractivity contribution in [2.75, 3.05) is 6.61 Å². The third-order valence-corrected chi connectivity index (χ3v) is 7.23. The van der Waals surface area contributed by atoms with Crippen molar-refractivity contribution < 1.29 is 23.8 Å². The number of fused-ring (bicyclic) bond motifs is 1. The number of nitrogens with zero attached hydrogens (tertiary/aromatic N) is 2. The molecule has 1 amide bonds. The maximum Gasteiger partial charge on any atom is 0.338 e. The minimum absolute atomic E-state index is 0.0880. The average Bonchev–Trinajstić information content (AvgIpc) is 3.73. The van der Waals surface area contributed by atoms with Crippen molar-refractivity contribution in [3.05, 3.63) is 94.4 Å². The molecular weight excluding hydrogens is 522 g/mol. The Morgan fingerprint density at radius 1 is 1.05 bits per heavy atom. The quantitative estimate of drug-likeness (QED) is 0.331. The summed E-state index contributed by atoms with van der Waals surface area (Å²) in [6.07, 6.45) is 3.61. The van der Waals surface area contributed by atoms with Gasteiger partial charge < -0.3 is 24.1 Å². The van der Waals surface area contributed by atoms with Crippen LogP contribution < -0.4 is 10.7 Å². The first kappa shape index (κ1) is 26.9. The summed E-state index contributed by atoms with van der Waals surface area (Å²) in [7, 11) is 0. The largest absolute Gasteiger partial charge is 0.464 e. The zero-order chi connectivity index (χ0) is 28.7. The molecule has 1 saturated heterocycles. The van der Waals surface area contributed by atoms with Crippen LogP contribution in [0.15, 0.2) is 77.9 Å². The van der Waals surface area contributed by atoms with Crippen molar-refractivity contribution in [2.45, 2.75) is 57.6 Å². The van der Waals surface area contributed by atoms with Crippen LogP contribution in [-0.4, -0.2) is 46.0 Å². The van der Waals surface area contributed by atoms with Crippen LogP contribution in [0.3, 0.4) is 0 Å². The lowest BCUT2D eigenvalue weighted by Crippen LogP contribution is -2.31. The van der Waals surface area contributed by atoms with Crippen molar-refractivity contribution in [1.29, 1.82) is 0 Å². The van der Waals surface area contributed by atoms with E-state index in [1.165, 1.54) is 0 Å².